The number of hydrogen-bond acceptors (Lipinski definition) is 3. The van der Waals surface area contributed by atoms with Gasteiger partial charge in [-0.1, -0.05) is 42.5 Å². The molecule has 1 aliphatic carbocycles. The van der Waals surface area contributed by atoms with E-state index in [0.29, 0.717) is 11.5 Å². The summed E-state index contributed by atoms with van der Waals surface area (Å²) in [5.41, 5.74) is 5.19. The minimum atomic E-state index is 0.00135. The van der Waals surface area contributed by atoms with Gasteiger partial charge in [0.2, 0.25) is 0 Å². The van der Waals surface area contributed by atoms with Crippen molar-refractivity contribution in [3.8, 4) is 17.1 Å². The third-order valence-corrected chi connectivity index (χ3v) is 4.99. The average molecular weight is 342 g/mol. The first-order valence-electron chi connectivity index (χ1n) is 8.96. The summed E-state index contributed by atoms with van der Waals surface area (Å²) in [5, 5.41) is 3.29. The SMILES string of the molecule is O=c1c2c([nH]n1-c1nc3ccccc3nc1-c1ccccc1)CCCC2. The second kappa shape index (κ2) is 5.95. The molecule has 0 fully saturated rings. The highest BCUT2D eigenvalue weighted by Gasteiger charge is 2.21. The fourth-order valence-corrected chi connectivity index (χ4v) is 3.67. The molecule has 0 aliphatic heterocycles. The van der Waals surface area contributed by atoms with E-state index in [4.69, 9.17) is 9.97 Å². The Morgan fingerprint density at radius 2 is 1.54 bits per heavy atom. The summed E-state index contributed by atoms with van der Waals surface area (Å²) in [6.45, 7) is 0. The topological polar surface area (TPSA) is 63.6 Å². The third-order valence-electron chi connectivity index (χ3n) is 4.99. The van der Waals surface area contributed by atoms with E-state index in [1.807, 2.05) is 54.6 Å². The standard InChI is InChI=1S/C21H18N4O/c26-21-15-10-4-5-11-16(15)24-25(21)20-19(14-8-2-1-3-9-14)22-17-12-6-7-13-18(17)23-20/h1-3,6-9,12-13,24H,4-5,10-11H2. The number of H-pyrrole nitrogens is 1. The highest BCUT2D eigenvalue weighted by molar-refractivity contribution is 5.80. The van der Waals surface area contributed by atoms with Crippen molar-refractivity contribution in [1.29, 1.82) is 0 Å². The Balaban J connectivity index is 1.82. The van der Waals surface area contributed by atoms with Gasteiger partial charge < -0.3 is 0 Å². The van der Waals surface area contributed by atoms with E-state index < -0.39 is 0 Å². The number of aromatic nitrogens is 4. The molecule has 5 nitrogen and oxygen atoms in total. The minimum absolute atomic E-state index is 0.00135. The van der Waals surface area contributed by atoms with Gasteiger partial charge in [-0.25, -0.2) is 9.97 Å². The van der Waals surface area contributed by atoms with Crippen molar-refractivity contribution in [3.63, 3.8) is 0 Å². The third kappa shape index (κ3) is 2.36. The van der Waals surface area contributed by atoms with Crippen LogP contribution in [0.5, 0.6) is 0 Å². The van der Waals surface area contributed by atoms with Crippen LogP contribution in [0, 0.1) is 0 Å². The number of aromatic amines is 1. The van der Waals surface area contributed by atoms with E-state index in [0.717, 1.165) is 53.5 Å². The maximum atomic E-state index is 13.0. The number of benzene rings is 2. The summed E-state index contributed by atoms with van der Waals surface area (Å²) in [6, 6.07) is 17.7. The number of fused-ring (bicyclic) bond motifs is 2. The van der Waals surface area contributed by atoms with Gasteiger partial charge in [-0.05, 0) is 37.8 Å². The van der Waals surface area contributed by atoms with Crippen LogP contribution in [0.2, 0.25) is 0 Å². The lowest BCUT2D eigenvalue weighted by Gasteiger charge is -2.10. The quantitative estimate of drug-likeness (QED) is 0.605. The average Bonchev–Trinajstić information content (AvgIpc) is 3.04. The Hall–Kier alpha value is -3.21. The molecule has 0 spiro atoms. The maximum absolute atomic E-state index is 13.0. The molecular weight excluding hydrogens is 324 g/mol. The molecule has 5 heteroatoms. The van der Waals surface area contributed by atoms with E-state index in [9.17, 15) is 4.79 Å². The van der Waals surface area contributed by atoms with Gasteiger partial charge >= 0.3 is 0 Å². The molecule has 0 bridgehead atoms. The molecule has 1 N–H and O–H groups in total. The summed E-state index contributed by atoms with van der Waals surface area (Å²) in [7, 11) is 0. The predicted octanol–water partition coefficient (Wildman–Crippen LogP) is 3.65. The number of nitrogens with zero attached hydrogens (tertiary/aromatic N) is 3. The summed E-state index contributed by atoms with van der Waals surface area (Å²) in [6.07, 6.45) is 3.93. The zero-order valence-electron chi connectivity index (χ0n) is 14.3. The summed E-state index contributed by atoms with van der Waals surface area (Å²) < 4.78 is 1.58. The first-order valence-corrected chi connectivity index (χ1v) is 8.96. The van der Waals surface area contributed by atoms with Crippen molar-refractivity contribution in [2.45, 2.75) is 25.7 Å². The van der Waals surface area contributed by atoms with Crippen molar-refractivity contribution in [2.75, 3.05) is 0 Å². The number of nitrogens with one attached hydrogen (secondary N) is 1. The van der Waals surface area contributed by atoms with Gasteiger partial charge in [0.05, 0.1) is 11.0 Å². The van der Waals surface area contributed by atoms with E-state index >= 15 is 0 Å². The lowest BCUT2D eigenvalue weighted by Crippen LogP contribution is -2.20. The Morgan fingerprint density at radius 3 is 2.31 bits per heavy atom. The lowest BCUT2D eigenvalue weighted by molar-refractivity contribution is 0.670. The van der Waals surface area contributed by atoms with Crippen molar-refractivity contribution in [1.82, 2.24) is 19.7 Å². The van der Waals surface area contributed by atoms with E-state index in [1.165, 1.54) is 0 Å². The molecule has 128 valence electrons. The van der Waals surface area contributed by atoms with Crippen molar-refractivity contribution in [2.24, 2.45) is 0 Å². The Kier molecular flexibility index (Phi) is 3.45. The van der Waals surface area contributed by atoms with E-state index in [2.05, 4.69) is 5.10 Å². The number of rotatable bonds is 2. The monoisotopic (exact) mass is 342 g/mol. The summed E-state index contributed by atoms with van der Waals surface area (Å²) in [5.74, 6) is 0.564. The second-order valence-electron chi connectivity index (χ2n) is 6.67. The van der Waals surface area contributed by atoms with Crippen LogP contribution < -0.4 is 5.56 Å². The molecule has 2 heterocycles. The zero-order valence-corrected chi connectivity index (χ0v) is 14.3. The Bertz CT molecular complexity index is 1160. The lowest BCUT2D eigenvalue weighted by atomic mass is 9.98. The molecule has 2 aromatic heterocycles. The number of para-hydroxylation sites is 2. The molecule has 0 radical (unpaired) electrons. The largest absolute Gasteiger partial charge is 0.293 e. The van der Waals surface area contributed by atoms with Crippen molar-refractivity contribution >= 4 is 11.0 Å². The fourth-order valence-electron chi connectivity index (χ4n) is 3.67. The number of hydrogen-bond donors (Lipinski definition) is 1. The molecule has 1 aliphatic rings. The molecule has 26 heavy (non-hydrogen) atoms. The van der Waals surface area contributed by atoms with Crippen LogP contribution in [0.3, 0.4) is 0 Å². The van der Waals surface area contributed by atoms with E-state index in [1.54, 1.807) is 4.68 Å². The molecule has 4 aromatic rings. The maximum Gasteiger partial charge on any atom is 0.276 e. The van der Waals surface area contributed by atoms with Crippen LogP contribution in [0.4, 0.5) is 0 Å². The summed E-state index contributed by atoms with van der Waals surface area (Å²) >= 11 is 0. The molecule has 5 rings (SSSR count). The molecule has 0 saturated heterocycles. The molecule has 0 atom stereocenters. The normalized spacial score (nSPS) is 13.7. The summed E-state index contributed by atoms with van der Waals surface area (Å²) in [4.78, 5) is 22.6. The van der Waals surface area contributed by atoms with Crippen LogP contribution in [-0.4, -0.2) is 19.7 Å². The van der Waals surface area contributed by atoms with E-state index in [-0.39, 0.29) is 5.56 Å². The highest BCUT2D eigenvalue weighted by atomic mass is 16.1. The van der Waals surface area contributed by atoms with Crippen LogP contribution in [0.25, 0.3) is 28.1 Å². The predicted molar refractivity (Wildman–Crippen MR) is 102 cm³/mol. The van der Waals surface area contributed by atoms with Crippen molar-refractivity contribution < 1.29 is 0 Å². The van der Waals surface area contributed by atoms with Gasteiger partial charge in [-0.2, -0.15) is 4.68 Å². The van der Waals surface area contributed by atoms with Crippen LogP contribution >= 0.6 is 0 Å². The van der Waals surface area contributed by atoms with Gasteiger partial charge in [-0.3, -0.25) is 9.89 Å². The van der Waals surface area contributed by atoms with Crippen LogP contribution in [0.1, 0.15) is 24.1 Å². The van der Waals surface area contributed by atoms with Crippen LogP contribution in [-0.2, 0) is 12.8 Å². The molecule has 2 aromatic carbocycles. The zero-order chi connectivity index (χ0) is 17.5. The first kappa shape index (κ1) is 15.1. The second-order valence-corrected chi connectivity index (χ2v) is 6.67. The van der Waals surface area contributed by atoms with Gasteiger partial charge in [0.25, 0.3) is 5.56 Å². The van der Waals surface area contributed by atoms with Crippen LogP contribution in [0.15, 0.2) is 59.4 Å². The van der Waals surface area contributed by atoms with Gasteiger partial charge in [0, 0.05) is 16.8 Å². The smallest absolute Gasteiger partial charge is 0.276 e. The Labute approximate surface area is 150 Å². The molecule has 0 amide bonds. The van der Waals surface area contributed by atoms with Crippen molar-refractivity contribution in [3.05, 3.63) is 76.2 Å². The Morgan fingerprint density at radius 1 is 0.846 bits per heavy atom. The molecule has 0 saturated carbocycles. The fraction of sp³-hybridized carbons (Fsp3) is 0.190. The highest BCUT2D eigenvalue weighted by Crippen LogP contribution is 2.26. The van der Waals surface area contributed by atoms with Gasteiger partial charge in [0.1, 0.15) is 5.69 Å². The number of aryl methyl sites for hydroxylation is 1. The first-order chi connectivity index (χ1) is 12.8. The molecule has 0 unspecified atom stereocenters. The van der Waals surface area contributed by atoms with Gasteiger partial charge in [0.15, 0.2) is 5.82 Å². The molecular formula is C21H18N4O. The van der Waals surface area contributed by atoms with Gasteiger partial charge in [-0.15, -0.1) is 0 Å². The minimum Gasteiger partial charge on any atom is -0.293 e.